The number of aliphatic imine (C=N–C) groups is 1. The first-order valence-corrected chi connectivity index (χ1v) is 8.26. The summed E-state index contributed by atoms with van der Waals surface area (Å²) in [6.45, 7) is 8.89. The highest BCUT2D eigenvalue weighted by Gasteiger charge is 2.37. The number of fused-ring (bicyclic) bond motifs is 2. The van der Waals surface area contributed by atoms with Crippen molar-refractivity contribution in [2.75, 3.05) is 38.6 Å². The zero-order chi connectivity index (χ0) is 16.3. The predicted molar refractivity (Wildman–Crippen MR) is 91.5 cm³/mol. The maximum absolute atomic E-state index is 14.8. The number of likely N-dealkylation sites (N-methyl/N-ethyl adjacent to an activating group) is 1. The molecule has 0 amide bonds. The Morgan fingerprint density at radius 1 is 1.30 bits per heavy atom. The summed E-state index contributed by atoms with van der Waals surface area (Å²) in [5, 5.41) is 0. The SMILES string of the molecule is C=C1N=C2c3c(cc(C)c(F)c3CCC3CN(C)CCN23)N1C. The van der Waals surface area contributed by atoms with Crippen LogP contribution in [0.1, 0.15) is 23.1 Å². The van der Waals surface area contributed by atoms with Gasteiger partial charge in [-0.3, -0.25) is 0 Å². The second kappa shape index (κ2) is 5.06. The van der Waals surface area contributed by atoms with Gasteiger partial charge in [-0.15, -0.1) is 0 Å². The third kappa shape index (κ3) is 2.10. The van der Waals surface area contributed by atoms with Crippen molar-refractivity contribution in [3.8, 4) is 0 Å². The maximum Gasteiger partial charge on any atom is 0.141 e. The predicted octanol–water partition coefficient (Wildman–Crippen LogP) is 2.36. The summed E-state index contributed by atoms with van der Waals surface area (Å²) in [6.07, 6.45) is 1.73. The normalized spacial score (nSPS) is 24.1. The van der Waals surface area contributed by atoms with Crippen LogP contribution < -0.4 is 4.90 Å². The van der Waals surface area contributed by atoms with Crippen LogP contribution in [0, 0.1) is 12.7 Å². The van der Waals surface area contributed by atoms with Crippen LogP contribution in [0.4, 0.5) is 10.1 Å². The van der Waals surface area contributed by atoms with E-state index < -0.39 is 0 Å². The van der Waals surface area contributed by atoms with E-state index in [1.165, 1.54) is 0 Å². The van der Waals surface area contributed by atoms with E-state index in [0.29, 0.717) is 11.6 Å². The molecule has 1 saturated heterocycles. The van der Waals surface area contributed by atoms with Crippen molar-refractivity contribution in [3.05, 3.63) is 41.0 Å². The molecule has 1 aromatic rings. The molecular formula is C18H23FN4. The molecule has 0 saturated carbocycles. The van der Waals surface area contributed by atoms with Crippen LogP contribution in [-0.4, -0.2) is 55.4 Å². The van der Waals surface area contributed by atoms with Gasteiger partial charge in [-0.2, -0.15) is 0 Å². The van der Waals surface area contributed by atoms with Gasteiger partial charge in [0.05, 0.1) is 5.69 Å². The molecule has 0 aromatic heterocycles. The van der Waals surface area contributed by atoms with Gasteiger partial charge < -0.3 is 14.7 Å². The molecule has 23 heavy (non-hydrogen) atoms. The highest BCUT2D eigenvalue weighted by molar-refractivity contribution is 6.08. The minimum absolute atomic E-state index is 0.0643. The number of piperazine rings is 1. The van der Waals surface area contributed by atoms with Crippen molar-refractivity contribution in [1.29, 1.82) is 0 Å². The summed E-state index contributed by atoms with van der Waals surface area (Å²) >= 11 is 0. The Kier molecular flexibility index (Phi) is 3.23. The molecule has 0 radical (unpaired) electrons. The minimum Gasteiger partial charge on any atom is -0.350 e. The first-order chi connectivity index (χ1) is 11.0. The largest absolute Gasteiger partial charge is 0.350 e. The minimum atomic E-state index is -0.0643. The van der Waals surface area contributed by atoms with Crippen LogP contribution in [0.15, 0.2) is 23.5 Å². The molecule has 5 heteroatoms. The lowest BCUT2D eigenvalue weighted by atomic mass is 9.95. The molecule has 1 unspecified atom stereocenters. The van der Waals surface area contributed by atoms with Gasteiger partial charge in [-0.05, 0) is 38.4 Å². The lowest BCUT2D eigenvalue weighted by Crippen LogP contribution is -2.54. The molecule has 3 aliphatic rings. The van der Waals surface area contributed by atoms with Gasteiger partial charge in [-0.1, -0.05) is 6.58 Å². The van der Waals surface area contributed by atoms with E-state index in [1.54, 1.807) is 0 Å². The number of amidine groups is 1. The number of halogens is 1. The molecule has 1 atom stereocenters. The summed E-state index contributed by atoms with van der Waals surface area (Å²) < 4.78 is 14.8. The fourth-order valence-corrected chi connectivity index (χ4v) is 4.04. The van der Waals surface area contributed by atoms with Crippen molar-refractivity contribution in [1.82, 2.24) is 9.80 Å². The van der Waals surface area contributed by atoms with Gasteiger partial charge in [-0.25, -0.2) is 9.38 Å². The summed E-state index contributed by atoms with van der Waals surface area (Å²) in [4.78, 5) is 11.5. The number of anilines is 1. The number of aryl methyl sites for hydroxylation is 1. The summed E-state index contributed by atoms with van der Waals surface area (Å²) in [5.41, 5.74) is 3.55. The Bertz CT molecular complexity index is 724. The zero-order valence-corrected chi connectivity index (χ0v) is 14.1. The first-order valence-electron chi connectivity index (χ1n) is 8.26. The smallest absolute Gasteiger partial charge is 0.141 e. The van der Waals surface area contributed by atoms with Crippen LogP contribution in [0.25, 0.3) is 0 Å². The van der Waals surface area contributed by atoms with Crippen LogP contribution >= 0.6 is 0 Å². The first kappa shape index (κ1) is 14.7. The molecule has 1 aromatic carbocycles. The third-order valence-corrected chi connectivity index (χ3v) is 5.41. The molecule has 3 aliphatic heterocycles. The highest BCUT2D eigenvalue weighted by atomic mass is 19.1. The topological polar surface area (TPSA) is 22.1 Å². The van der Waals surface area contributed by atoms with Crippen molar-refractivity contribution in [2.45, 2.75) is 25.8 Å². The van der Waals surface area contributed by atoms with Gasteiger partial charge in [0, 0.05) is 43.9 Å². The van der Waals surface area contributed by atoms with Crippen LogP contribution in [0.5, 0.6) is 0 Å². The Hall–Kier alpha value is -1.88. The Labute approximate surface area is 136 Å². The Balaban J connectivity index is 1.94. The van der Waals surface area contributed by atoms with E-state index in [1.807, 2.05) is 24.9 Å². The van der Waals surface area contributed by atoms with E-state index in [9.17, 15) is 4.39 Å². The molecule has 0 N–H and O–H groups in total. The van der Waals surface area contributed by atoms with Gasteiger partial charge in [0.25, 0.3) is 0 Å². The second-order valence-electron chi connectivity index (χ2n) is 6.94. The fraction of sp³-hybridized carbons (Fsp3) is 0.500. The monoisotopic (exact) mass is 314 g/mol. The van der Waals surface area contributed by atoms with E-state index in [4.69, 9.17) is 4.99 Å². The number of benzene rings is 1. The van der Waals surface area contributed by atoms with Gasteiger partial charge in [0.15, 0.2) is 0 Å². The van der Waals surface area contributed by atoms with Gasteiger partial charge in [0.1, 0.15) is 17.5 Å². The molecule has 1 fully saturated rings. The quantitative estimate of drug-likeness (QED) is 0.734. The van der Waals surface area contributed by atoms with Crippen LogP contribution in [0.2, 0.25) is 0 Å². The lowest BCUT2D eigenvalue weighted by molar-refractivity contribution is 0.146. The molecule has 0 bridgehead atoms. The van der Waals surface area contributed by atoms with E-state index in [-0.39, 0.29) is 5.82 Å². The van der Waals surface area contributed by atoms with E-state index in [2.05, 4.69) is 23.4 Å². The van der Waals surface area contributed by atoms with E-state index in [0.717, 1.165) is 60.9 Å². The number of hydrogen-bond donors (Lipinski definition) is 0. The number of rotatable bonds is 0. The average molecular weight is 314 g/mol. The molecular weight excluding hydrogens is 291 g/mol. The van der Waals surface area contributed by atoms with Gasteiger partial charge in [0.2, 0.25) is 0 Å². The van der Waals surface area contributed by atoms with Gasteiger partial charge >= 0.3 is 0 Å². The second-order valence-corrected chi connectivity index (χ2v) is 6.94. The molecule has 0 spiro atoms. The summed E-state index contributed by atoms with van der Waals surface area (Å²) in [6, 6.07) is 2.33. The summed E-state index contributed by atoms with van der Waals surface area (Å²) in [7, 11) is 4.11. The maximum atomic E-state index is 14.8. The molecule has 4 nitrogen and oxygen atoms in total. The average Bonchev–Trinajstić information content (AvgIpc) is 2.67. The highest BCUT2D eigenvalue weighted by Crippen LogP contribution is 2.38. The van der Waals surface area contributed by atoms with Crippen molar-refractivity contribution >= 4 is 11.5 Å². The standard InChI is InChI=1S/C18H23FN4/c1-11-9-15-16-14(17(11)19)6-5-13-10-21(3)7-8-23(13)18(16)20-12(2)22(15)4/h9,13H,2,5-8,10H2,1,3-4H3. The van der Waals surface area contributed by atoms with Crippen molar-refractivity contribution < 1.29 is 4.39 Å². The van der Waals surface area contributed by atoms with Crippen LogP contribution in [-0.2, 0) is 6.42 Å². The molecule has 122 valence electrons. The third-order valence-electron chi connectivity index (χ3n) is 5.41. The molecule has 4 rings (SSSR count). The van der Waals surface area contributed by atoms with Crippen LogP contribution in [0.3, 0.4) is 0 Å². The zero-order valence-electron chi connectivity index (χ0n) is 14.1. The Morgan fingerprint density at radius 2 is 2.09 bits per heavy atom. The molecule has 0 aliphatic carbocycles. The molecule has 3 heterocycles. The fourth-order valence-electron chi connectivity index (χ4n) is 4.04. The van der Waals surface area contributed by atoms with E-state index >= 15 is 0 Å². The number of hydrogen-bond acceptors (Lipinski definition) is 4. The summed E-state index contributed by atoms with van der Waals surface area (Å²) in [5.74, 6) is 1.59. The Morgan fingerprint density at radius 3 is 2.87 bits per heavy atom. The number of nitrogens with zero attached hydrogens (tertiary/aromatic N) is 4. The van der Waals surface area contributed by atoms with Crippen molar-refractivity contribution in [2.24, 2.45) is 4.99 Å². The van der Waals surface area contributed by atoms with Crippen molar-refractivity contribution in [3.63, 3.8) is 0 Å². The lowest BCUT2D eigenvalue weighted by Gasteiger charge is -2.42.